The number of nitrogens with zero attached hydrogens (tertiary/aromatic N) is 3. The lowest BCUT2D eigenvalue weighted by atomic mass is 10.2. The lowest BCUT2D eigenvalue weighted by Gasteiger charge is -2.29. The zero-order chi connectivity index (χ0) is 17.5. The van der Waals surface area contributed by atoms with Crippen molar-refractivity contribution in [1.29, 1.82) is 0 Å². The van der Waals surface area contributed by atoms with Gasteiger partial charge in [-0.15, -0.1) is 0 Å². The number of carbonyl (C=O) groups excluding carboxylic acids is 1. The average Bonchev–Trinajstić information content (AvgIpc) is 3.18. The van der Waals surface area contributed by atoms with Crippen LogP contribution in [0.3, 0.4) is 0 Å². The van der Waals surface area contributed by atoms with Gasteiger partial charge in [-0.25, -0.2) is 9.78 Å². The summed E-state index contributed by atoms with van der Waals surface area (Å²) >= 11 is 0. The Labute approximate surface area is 147 Å². The minimum absolute atomic E-state index is 0.115. The van der Waals surface area contributed by atoms with E-state index in [1.54, 1.807) is 17.4 Å². The third-order valence-corrected chi connectivity index (χ3v) is 4.20. The first-order valence-corrected chi connectivity index (χ1v) is 8.59. The maximum atomic E-state index is 12.5. The third-order valence-electron chi connectivity index (χ3n) is 4.20. The van der Waals surface area contributed by atoms with Gasteiger partial charge < -0.3 is 24.3 Å². The third kappa shape index (κ3) is 4.51. The first-order valence-electron chi connectivity index (χ1n) is 8.59. The molecule has 2 aromatic rings. The molecule has 0 spiro atoms. The van der Waals surface area contributed by atoms with Crippen molar-refractivity contribution in [3.05, 3.63) is 48.0 Å². The second kappa shape index (κ2) is 8.53. The van der Waals surface area contributed by atoms with E-state index in [1.165, 1.54) is 0 Å². The Bertz CT molecular complexity index is 669. The number of aromatic nitrogens is 1. The largest absolute Gasteiger partial charge is 0.467 e. The molecular weight excluding hydrogens is 320 g/mol. The van der Waals surface area contributed by atoms with E-state index >= 15 is 0 Å². The number of hydrogen-bond donors (Lipinski definition) is 1. The summed E-state index contributed by atoms with van der Waals surface area (Å²) in [4.78, 5) is 20.9. The van der Waals surface area contributed by atoms with Crippen LogP contribution in [0.15, 0.2) is 41.1 Å². The SMILES string of the molecule is CCN(Cc1ccco1)C(=O)NCc1cccnc1N1CCOCC1. The summed E-state index contributed by atoms with van der Waals surface area (Å²) in [5.41, 5.74) is 1.01. The van der Waals surface area contributed by atoms with Crippen molar-refractivity contribution in [3.8, 4) is 0 Å². The number of furan rings is 1. The van der Waals surface area contributed by atoms with Crippen molar-refractivity contribution in [2.75, 3.05) is 37.7 Å². The first kappa shape index (κ1) is 17.3. The van der Waals surface area contributed by atoms with E-state index in [0.29, 0.717) is 32.8 Å². The molecule has 2 aromatic heterocycles. The molecule has 0 saturated carbocycles. The fourth-order valence-corrected chi connectivity index (χ4v) is 2.83. The molecule has 1 aliphatic rings. The van der Waals surface area contributed by atoms with Crippen LogP contribution in [0.25, 0.3) is 0 Å². The molecule has 0 aliphatic carbocycles. The van der Waals surface area contributed by atoms with Crippen LogP contribution in [0.5, 0.6) is 0 Å². The smallest absolute Gasteiger partial charge is 0.318 e. The molecule has 1 N–H and O–H groups in total. The van der Waals surface area contributed by atoms with Crippen molar-refractivity contribution in [1.82, 2.24) is 15.2 Å². The van der Waals surface area contributed by atoms with Gasteiger partial charge in [-0.2, -0.15) is 0 Å². The summed E-state index contributed by atoms with van der Waals surface area (Å²) in [5, 5.41) is 2.99. The molecule has 7 nitrogen and oxygen atoms in total. The Morgan fingerprint density at radius 1 is 1.32 bits per heavy atom. The van der Waals surface area contributed by atoms with Crippen molar-refractivity contribution in [2.24, 2.45) is 0 Å². The molecule has 0 bridgehead atoms. The topological polar surface area (TPSA) is 70.8 Å². The zero-order valence-corrected chi connectivity index (χ0v) is 14.5. The maximum absolute atomic E-state index is 12.5. The standard InChI is InChI=1S/C18H24N4O3/c1-2-21(14-16-6-4-10-25-16)18(23)20-13-15-5-3-7-19-17(15)22-8-11-24-12-9-22/h3-7,10H,2,8-9,11-14H2,1H3,(H,20,23). The van der Waals surface area contributed by atoms with Gasteiger partial charge >= 0.3 is 6.03 Å². The predicted octanol–water partition coefficient (Wildman–Crippen LogP) is 2.24. The highest BCUT2D eigenvalue weighted by molar-refractivity contribution is 5.74. The zero-order valence-electron chi connectivity index (χ0n) is 14.5. The number of urea groups is 1. The number of pyridine rings is 1. The van der Waals surface area contributed by atoms with Crippen LogP contribution in [0.4, 0.5) is 10.6 Å². The summed E-state index contributed by atoms with van der Waals surface area (Å²) in [6, 6.07) is 7.47. The van der Waals surface area contributed by atoms with Crippen LogP contribution in [-0.4, -0.2) is 48.8 Å². The summed E-state index contributed by atoms with van der Waals surface area (Å²) in [5.74, 6) is 1.69. The average molecular weight is 344 g/mol. The monoisotopic (exact) mass is 344 g/mol. The molecule has 7 heteroatoms. The van der Waals surface area contributed by atoms with E-state index in [4.69, 9.17) is 9.15 Å². The van der Waals surface area contributed by atoms with Crippen LogP contribution < -0.4 is 10.2 Å². The molecular formula is C18H24N4O3. The van der Waals surface area contributed by atoms with Crippen LogP contribution in [0.2, 0.25) is 0 Å². The number of nitrogens with one attached hydrogen (secondary N) is 1. The number of hydrogen-bond acceptors (Lipinski definition) is 5. The Balaban J connectivity index is 1.61. The van der Waals surface area contributed by atoms with E-state index in [2.05, 4.69) is 15.2 Å². The summed E-state index contributed by atoms with van der Waals surface area (Å²) in [6.45, 7) is 6.49. The number of anilines is 1. The second-order valence-corrected chi connectivity index (χ2v) is 5.84. The van der Waals surface area contributed by atoms with Gasteiger partial charge in [-0.3, -0.25) is 0 Å². The lowest BCUT2D eigenvalue weighted by Crippen LogP contribution is -2.40. The number of carbonyl (C=O) groups is 1. The minimum atomic E-state index is -0.115. The Kier molecular flexibility index (Phi) is 5.90. The van der Waals surface area contributed by atoms with Crippen molar-refractivity contribution >= 4 is 11.8 Å². The Hall–Kier alpha value is -2.54. The molecule has 134 valence electrons. The van der Waals surface area contributed by atoms with E-state index in [1.807, 2.05) is 31.2 Å². The fourth-order valence-electron chi connectivity index (χ4n) is 2.83. The molecule has 3 rings (SSSR count). The van der Waals surface area contributed by atoms with E-state index < -0.39 is 0 Å². The summed E-state index contributed by atoms with van der Waals surface area (Å²) in [7, 11) is 0. The highest BCUT2D eigenvalue weighted by Gasteiger charge is 2.17. The molecule has 1 aliphatic heterocycles. The van der Waals surface area contributed by atoms with Crippen LogP contribution in [0.1, 0.15) is 18.2 Å². The van der Waals surface area contributed by atoms with Crippen LogP contribution in [0, 0.1) is 0 Å². The van der Waals surface area contributed by atoms with Crippen molar-refractivity contribution < 1.29 is 13.9 Å². The van der Waals surface area contributed by atoms with E-state index in [0.717, 1.165) is 30.2 Å². The molecule has 1 fully saturated rings. The van der Waals surface area contributed by atoms with Gasteiger partial charge in [0.1, 0.15) is 11.6 Å². The molecule has 2 amide bonds. The normalized spacial score (nSPS) is 14.4. The minimum Gasteiger partial charge on any atom is -0.467 e. The van der Waals surface area contributed by atoms with Gasteiger partial charge in [-0.1, -0.05) is 6.07 Å². The number of morpholine rings is 1. The van der Waals surface area contributed by atoms with E-state index in [-0.39, 0.29) is 6.03 Å². The van der Waals surface area contributed by atoms with Gasteiger partial charge in [0.2, 0.25) is 0 Å². The highest BCUT2D eigenvalue weighted by Crippen LogP contribution is 2.18. The maximum Gasteiger partial charge on any atom is 0.318 e. The fraction of sp³-hybridized carbons (Fsp3) is 0.444. The summed E-state index contributed by atoms with van der Waals surface area (Å²) < 4.78 is 10.7. The van der Waals surface area contributed by atoms with Crippen LogP contribution >= 0.6 is 0 Å². The number of amides is 2. The van der Waals surface area contributed by atoms with Crippen molar-refractivity contribution in [2.45, 2.75) is 20.0 Å². The van der Waals surface area contributed by atoms with Gasteiger partial charge in [0.15, 0.2) is 0 Å². The van der Waals surface area contributed by atoms with Gasteiger partial charge in [-0.05, 0) is 25.1 Å². The molecule has 0 atom stereocenters. The quantitative estimate of drug-likeness (QED) is 0.870. The summed E-state index contributed by atoms with van der Waals surface area (Å²) in [6.07, 6.45) is 3.40. The first-order chi connectivity index (χ1) is 12.3. The van der Waals surface area contributed by atoms with Gasteiger partial charge in [0, 0.05) is 37.9 Å². The van der Waals surface area contributed by atoms with Gasteiger partial charge in [0.25, 0.3) is 0 Å². The number of ether oxygens (including phenoxy) is 1. The Morgan fingerprint density at radius 2 is 2.16 bits per heavy atom. The Morgan fingerprint density at radius 3 is 2.88 bits per heavy atom. The molecule has 0 aromatic carbocycles. The lowest BCUT2D eigenvalue weighted by molar-refractivity contribution is 0.122. The van der Waals surface area contributed by atoms with Crippen molar-refractivity contribution in [3.63, 3.8) is 0 Å². The molecule has 0 unspecified atom stereocenters. The van der Waals surface area contributed by atoms with Gasteiger partial charge in [0.05, 0.1) is 26.0 Å². The molecule has 3 heterocycles. The highest BCUT2D eigenvalue weighted by atomic mass is 16.5. The molecule has 0 radical (unpaired) electrons. The predicted molar refractivity (Wildman–Crippen MR) is 94.3 cm³/mol. The van der Waals surface area contributed by atoms with Crippen LogP contribution in [-0.2, 0) is 17.8 Å². The van der Waals surface area contributed by atoms with E-state index in [9.17, 15) is 4.79 Å². The number of rotatable bonds is 6. The molecule has 25 heavy (non-hydrogen) atoms. The second-order valence-electron chi connectivity index (χ2n) is 5.84. The molecule has 1 saturated heterocycles.